The minimum Gasteiger partial charge on any atom is -0.147 e. The van der Waals surface area contributed by atoms with E-state index < -0.39 is 0 Å². The minimum atomic E-state index is -0.0765. The van der Waals surface area contributed by atoms with Crippen LogP contribution in [0.3, 0.4) is 0 Å². The van der Waals surface area contributed by atoms with Crippen LogP contribution in [0, 0.1) is 0 Å². The van der Waals surface area contributed by atoms with Crippen LogP contribution >= 0.6 is 48.0 Å². The Balaban J connectivity index is -0.000000320. The molecule has 0 N–H and O–H groups in total. The number of allylic oxidation sites excluding steroid dienone is 2. The first-order valence-electron chi connectivity index (χ1n) is 2.37. The van der Waals surface area contributed by atoms with E-state index in [0.717, 1.165) is 19.0 Å². The summed E-state index contributed by atoms with van der Waals surface area (Å²) in [6.45, 7) is 7.15. The quantitative estimate of drug-likeness (QED) is 0.675. The molecule has 5 heteroatoms. The smallest absolute Gasteiger partial charge is 0.147 e. The van der Waals surface area contributed by atoms with E-state index in [-0.39, 0.29) is 45.7 Å². The Hall–Kier alpha value is 1.43. The first kappa shape index (κ1) is 18.3. The van der Waals surface area contributed by atoms with Crippen molar-refractivity contribution in [2.45, 2.75) is 8.94 Å². The summed E-state index contributed by atoms with van der Waals surface area (Å²) in [6.07, 6.45) is 0. The Bertz CT molecular complexity index is 110. The van der Waals surface area contributed by atoms with Gasteiger partial charge in [0.25, 0.3) is 0 Å². The van der Waals surface area contributed by atoms with Gasteiger partial charge in [0.1, 0.15) is 0 Å². The normalized spacial score (nSPS) is 7.45. The molecule has 11 heavy (non-hydrogen) atoms. The van der Waals surface area contributed by atoms with Crippen molar-refractivity contribution < 1.29 is 0 Å². The van der Waals surface area contributed by atoms with Crippen LogP contribution in [-0.4, -0.2) is 20.9 Å². The van der Waals surface area contributed by atoms with Gasteiger partial charge in [-0.25, -0.2) is 0 Å². The van der Waals surface area contributed by atoms with E-state index in [1.165, 1.54) is 0 Å². The van der Waals surface area contributed by atoms with Gasteiger partial charge in [0.2, 0.25) is 0 Å². The molecule has 0 saturated heterocycles. The number of rotatable bonds is 4. The summed E-state index contributed by atoms with van der Waals surface area (Å²) in [5.74, 6) is 0. The van der Waals surface area contributed by atoms with Crippen molar-refractivity contribution in [3.63, 3.8) is 0 Å². The maximum absolute atomic E-state index is 5.53. The van der Waals surface area contributed by atoms with E-state index in [9.17, 15) is 0 Å². The van der Waals surface area contributed by atoms with E-state index in [0.29, 0.717) is 0 Å². The molecule has 67 valence electrons. The molecule has 1 radical (unpaired) electrons. The fourth-order valence-corrected chi connectivity index (χ4v) is 2.86. The Labute approximate surface area is 100 Å². The second-order valence-electron chi connectivity index (χ2n) is 1.53. The Kier molecular flexibility index (Phi) is 19.0. The standard InChI is InChI=1S/C6H8Cl2Te.2ClH/c1-5(7)3-9-4-6(2)8;;/h1-4H2;2*1H/q+1;;. The van der Waals surface area contributed by atoms with Gasteiger partial charge in [-0.1, -0.05) is 0 Å². The SMILES string of the molecule is C=C(Cl)C[Te+]CC(=C)Cl.Cl.Cl. The largest absolute Gasteiger partial charge is 0.147 e. The molecule has 0 spiro atoms. The predicted molar refractivity (Wildman–Crippen MR) is 59.9 cm³/mol. The van der Waals surface area contributed by atoms with Gasteiger partial charge in [0.15, 0.2) is 0 Å². The van der Waals surface area contributed by atoms with E-state index in [2.05, 4.69) is 13.2 Å². The molecule has 0 nitrogen and oxygen atoms in total. The first-order valence-corrected chi connectivity index (χ1v) is 6.42. The van der Waals surface area contributed by atoms with Crippen molar-refractivity contribution in [1.29, 1.82) is 0 Å². The van der Waals surface area contributed by atoms with Crippen LogP contribution in [-0.2, 0) is 0 Å². The Morgan fingerprint density at radius 1 is 1.00 bits per heavy atom. The summed E-state index contributed by atoms with van der Waals surface area (Å²) in [4.78, 5) is 0. The van der Waals surface area contributed by atoms with Crippen LogP contribution in [0.1, 0.15) is 0 Å². The molecule has 0 rings (SSSR count). The summed E-state index contributed by atoms with van der Waals surface area (Å²) in [5.41, 5.74) is 0. The molecule has 0 heterocycles. The van der Waals surface area contributed by atoms with Gasteiger partial charge in [-0.3, -0.25) is 0 Å². The average Bonchev–Trinajstić information content (AvgIpc) is 1.63. The van der Waals surface area contributed by atoms with Gasteiger partial charge in [-0.2, -0.15) is 0 Å². The zero-order valence-electron chi connectivity index (χ0n) is 5.81. The van der Waals surface area contributed by atoms with Gasteiger partial charge in [0, 0.05) is 0 Å². The molecular weight excluding hydrogens is 341 g/mol. The molecule has 0 saturated carbocycles. The van der Waals surface area contributed by atoms with Crippen LogP contribution < -0.4 is 0 Å². The van der Waals surface area contributed by atoms with Crippen molar-refractivity contribution >= 4 is 68.9 Å². The molecule has 0 unspecified atom stereocenters. The molecule has 0 atom stereocenters. The third kappa shape index (κ3) is 18.4. The first-order chi connectivity index (χ1) is 4.13. The van der Waals surface area contributed by atoms with Crippen molar-refractivity contribution in [3.8, 4) is 0 Å². The van der Waals surface area contributed by atoms with Crippen LogP contribution in [0.4, 0.5) is 0 Å². The summed E-state index contributed by atoms with van der Waals surface area (Å²) in [5, 5.41) is 1.49. The topological polar surface area (TPSA) is 0 Å². The second kappa shape index (κ2) is 11.4. The molecule has 0 aromatic rings. The van der Waals surface area contributed by atoms with Gasteiger partial charge in [0.05, 0.1) is 0 Å². The van der Waals surface area contributed by atoms with Crippen molar-refractivity contribution in [2.75, 3.05) is 0 Å². The molecular formula is C6H10Cl4Te+. The van der Waals surface area contributed by atoms with Crippen molar-refractivity contribution in [3.05, 3.63) is 23.2 Å². The zero-order chi connectivity index (χ0) is 7.28. The van der Waals surface area contributed by atoms with E-state index in [1.54, 1.807) is 0 Å². The summed E-state index contributed by atoms with van der Waals surface area (Å²) < 4.78 is 1.91. The maximum Gasteiger partial charge on any atom is -0.147 e. The zero-order valence-corrected chi connectivity index (χ0v) is 11.3. The molecule has 0 aliphatic carbocycles. The van der Waals surface area contributed by atoms with Gasteiger partial charge in [-0.15, -0.1) is 24.8 Å². The van der Waals surface area contributed by atoms with E-state index in [1.807, 2.05) is 0 Å². The summed E-state index contributed by atoms with van der Waals surface area (Å²) in [7, 11) is 0. The van der Waals surface area contributed by atoms with Crippen molar-refractivity contribution in [2.24, 2.45) is 0 Å². The molecule has 0 amide bonds. The summed E-state index contributed by atoms with van der Waals surface area (Å²) >= 11 is 11.0. The fraction of sp³-hybridized carbons (Fsp3) is 0.333. The van der Waals surface area contributed by atoms with Crippen LogP contribution in [0.15, 0.2) is 23.2 Å². The predicted octanol–water partition coefficient (Wildman–Crippen LogP) is 3.88. The number of hydrogen-bond donors (Lipinski definition) is 0. The third-order valence-electron chi connectivity index (χ3n) is 0.517. The number of halogens is 4. The van der Waals surface area contributed by atoms with Gasteiger partial charge < -0.3 is 0 Å². The Morgan fingerprint density at radius 3 is 1.45 bits per heavy atom. The monoisotopic (exact) mass is 352 g/mol. The summed E-state index contributed by atoms with van der Waals surface area (Å²) in [6, 6.07) is 0. The van der Waals surface area contributed by atoms with E-state index in [4.69, 9.17) is 23.2 Å². The maximum atomic E-state index is 5.53. The van der Waals surface area contributed by atoms with Gasteiger partial charge in [-0.05, 0) is 0 Å². The second-order valence-corrected chi connectivity index (χ2v) is 5.41. The molecule has 0 fully saturated rings. The van der Waals surface area contributed by atoms with E-state index >= 15 is 0 Å². The molecule has 0 aliphatic heterocycles. The van der Waals surface area contributed by atoms with Crippen LogP contribution in [0.5, 0.6) is 0 Å². The fourth-order valence-electron chi connectivity index (χ4n) is 0.273. The van der Waals surface area contributed by atoms with Gasteiger partial charge >= 0.3 is 76.3 Å². The minimum absolute atomic E-state index is 0. The molecule has 0 aromatic heterocycles. The van der Waals surface area contributed by atoms with Crippen molar-refractivity contribution in [1.82, 2.24) is 0 Å². The molecule has 0 aliphatic rings. The van der Waals surface area contributed by atoms with Crippen LogP contribution in [0.2, 0.25) is 8.94 Å². The number of hydrogen-bond acceptors (Lipinski definition) is 0. The molecule has 0 aromatic carbocycles. The third-order valence-corrected chi connectivity index (χ3v) is 4.93. The Morgan fingerprint density at radius 2 is 1.27 bits per heavy atom. The molecule has 0 bridgehead atoms. The van der Waals surface area contributed by atoms with Crippen LogP contribution in [0.25, 0.3) is 0 Å². The average molecular weight is 352 g/mol.